The molecule has 0 aromatic heterocycles. The smallest absolute Gasteiger partial charge is 0.195 e. The summed E-state index contributed by atoms with van der Waals surface area (Å²) >= 11 is 5.83. The predicted octanol–water partition coefficient (Wildman–Crippen LogP) is 3.29. The summed E-state index contributed by atoms with van der Waals surface area (Å²) in [5.41, 5.74) is 0.905. The van der Waals surface area contributed by atoms with Crippen molar-refractivity contribution in [1.29, 1.82) is 0 Å². The van der Waals surface area contributed by atoms with Crippen LogP contribution < -0.4 is 0 Å². The number of hydrogen-bond donors (Lipinski definition) is 0. The Balaban J connectivity index is 2.21. The lowest BCUT2D eigenvalue weighted by molar-refractivity contribution is -0.172. The summed E-state index contributed by atoms with van der Waals surface area (Å²) < 4.78 is 23.5. The fourth-order valence-electron chi connectivity index (χ4n) is 1.91. The molecule has 0 spiro atoms. The Morgan fingerprint density at radius 3 is 2.38 bits per heavy atom. The molecule has 1 aromatic rings. The molecule has 2 rings (SSSR count). The fourth-order valence-corrected chi connectivity index (χ4v) is 2.04. The maximum atomic E-state index is 12.3. The van der Waals surface area contributed by atoms with Gasteiger partial charge in [-0.2, -0.15) is 0 Å². The van der Waals surface area contributed by atoms with Crippen molar-refractivity contribution in [3.05, 3.63) is 34.9 Å². The van der Waals surface area contributed by atoms with Crippen molar-refractivity contribution in [3.8, 4) is 0 Å². The van der Waals surface area contributed by atoms with Gasteiger partial charge in [-0.1, -0.05) is 23.7 Å². The van der Waals surface area contributed by atoms with Gasteiger partial charge >= 0.3 is 0 Å². The normalized spacial score (nSPS) is 18.9. The third-order valence-corrected chi connectivity index (χ3v) is 2.93. The number of benzene rings is 1. The highest BCUT2D eigenvalue weighted by atomic mass is 35.5. The van der Waals surface area contributed by atoms with Crippen LogP contribution in [-0.4, -0.2) is 19.9 Å². The molecule has 1 fully saturated rings. The van der Waals surface area contributed by atoms with E-state index in [1.54, 1.807) is 12.1 Å². The Kier molecular flexibility index (Phi) is 3.79. The Labute approximate surface area is 99.3 Å². The third kappa shape index (κ3) is 2.37. The van der Waals surface area contributed by atoms with Crippen molar-refractivity contribution in [2.24, 2.45) is 0 Å². The molecule has 1 aromatic carbocycles. The van der Waals surface area contributed by atoms with E-state index in [0.717, 1.165) is 5.56 Å². The summed E-state index contributed by atoms with van der Waals surface area (Å²) in [6, 6.07) is 7.32. The lowest BCUT2D eigenvalue weighted by atomic mass is 10.0. The zero-order valence-electron chi connectivity index (χ0n) is 8.92. The molecule has 2 nitrogen and oxygen atoms in total. The van der Waals surface area contributed by atoms with Crippen LogP contribution in [0.25, 0.3) is 0 Å². The number of halogens is 2. The quantitative estimate of drug-likeness (QED) is 0.809. The van der Waals surface area contributed by atoms with Crippen molar-refractivity contribution in [2.45, 2.75) is 18.6 Å². The summed E-state index contributed by atoms with van der Waals surface area (Å²) in [4.78, 5) is 0. The zero-order chi connectivity index (χ0) is 11.4. The monoisotopic (exact) mass is 244 g/mol. The predicted molar refractivity (Wildman–Crippen MR) is 60.2 cm³/mol. The largest absolute Gasteiger partial charge is 0.343 e. The average Bonchev–Trinajstić information content (AvgIpc) is 2.77. The summed E-state index contributed by atoms with van der Waals surface area (Å²) in [5.74, 6) is -0.767. The Morgan fingerprint density at radius 2 is 1.81 bits per heavy atom. The molecule has 88 valence electrons. The number of hydrogen-bond acceptors (Lipinski definition) is 2. The average molecular weight is 245 g/mol. The maximum absolute atomic E-state index is 12.3. The van der Waals surface area contributed by atoms with E-state index in [-0.39, 0.29) is 6.67 Å². The van der Waals surface area contributed by atoms with Crippen molar-refractivity contribution in [3.63, 3.8) is 0 Å². The van der Waals surface area contributed by atoms with Crippen molar-refractivity contribution in [2.75, 3.05) is 19.9 Å². The number of alkyl halides is 1. The summed E-state index contributed by atoms with van der Waals surface area (Å²) in [6.45, 7) is 0.742. The number of rotatable bonds is 4. The molecular weight excluding hydrogens is 231 g/mol. The van der Waals surface area contributed by atoms with Crippen LogP contribution in [0.15, 0.2) is 24.3 Å². The zero-order valence-corrected chi connectivity index (χ0v) is 9.67. The molecule has 1 saturated heterocycles. The molecule has 1 aliphatic rings. The highest BCUT2D eigenvalue weighted by molar-refractivity contribution is 6.30. The molecule has 0 aliphatic carbocycles. The first-order valence-corrected chi connectivity index (χ1v) is 5.74. The van der Waals surface area contributed by atoms with Crippen molar-refractivity contribution < 1.29 is 13.9 Å². The van der Waals surface area contributed by atoms with Crippen LogP contribution >= 0.6 is 11.6 Å². The Morgan fingerprint density at radius 1 is 1.19 bits per heavy atom. The van der Waals surface area contributed by atoms with E-state index in [2.05, 4.69) is 0 Å². The first-order valence-electron chi connectivity index (χ1n) is 5.37. The van der Waals surface area contributed by atoms with Gasteiger partial charge in [0.1, 0.15) is 0 Å². The van der Waals surface area contributed by atoms with Gasteiger partial charge < -0.3 is 9.47 Å². The molecule has 1 heterocycles. The third-order valence-electron chi connectivity index (χ3n) is 2.68. The minimum Gasteiger partial charge on any atom is -0.343 e. The van der Waals surface area contributed by atoms with Gasteiger partial charge in [0.15, 0.2) is 5.79 Å². The van der Waals surface area contributed by atoms with Crippen LogP contribution in [0, 0.1) is 0 Å². The van der Waals surface area contributed by atoms with Crippen molar-refractivity contribution in [1.82, 2.24) is 0 Å². The summed E-state index contributed by atoms with van der Waals surface area (Å²) in [7, 11) is 0. The molecule has 0 N–H and O–H groups in total. The van der Waals surface area contributed by atoms with Gasteiger partial charge in [0.05, 0.1) is 19.9 Å². The van der Waals surface area contributed by atoms with Gasteiger partial charge in [-0.3, -0.25) is 4.39 Å². The first-order chi connectivity index (χ1) is 7.77. The molecule has 4 heteroatoms. The highest BCUT2D eigenvalue weighted by Gasteiger charge is 2.37. The molecule has 0 amide bonds. The van der Waals surface area contributed by atoms with E-state index in [9.17, 15) is 4.39 Å². The standard InChI is InChI=1S/C12H14ClFO2/c13-11-4-2-10(3-5-11)12(6-1-7-14)15-8-9-16-12/h2-5H,1,6-9H2. The minimum absolute atomic E-state index is 0.359. The van der Waals surface area contributed by atoms with E-state index in [0.29, 0.717) is 31.1 Å². The maximum Gasteiger partial charge on any atom is 0.195 e. The van der Waals surface area contributed by atoms with Gasteiger partial charge in [0.2, 0.25) is 0 Å². The molecule has 0 atom stereocenters. The number of ether oxygens (including phenoxy) is 2. The fraction of sp³-hybridized carbons (Fsp3) is 0.500. The lowest BCUT2D eigenvalue weighted by Crippen LogP contribution is -2.27. The minimum atomic E-state index is -0.767. The summed E-state index contributed by atoms with van der Waals surface area (Å²) in [6.07, 6.45) is 0.966. The van der Waals surface area contributed by atoms with Crippen LogP contribution in [0.3, 0.4) is 0 Å². The topological polar surface area (TPSA) is 18.5 Å². The van der Waals surface area contributed by atoms with E-state index >= 15 is 0 Å². The van der Waals surface area contributed by atoms with E-state index in [1.807, 2.05) is 12.1 Å². The van der Waals surface area contributed by atoms with Gasteiger partial charge in [-0.25, -0.2) is 0 Å². The second kappa shape index (κ2) is 5.13. The Hall–Kier alpha value is -0.640. The van der Waals surface area contributed by atoms with Crippen LogP contribution in [0.2, 0.25) is 5.02 Å². The van der Waals surface area contributed by atoms with Crippen LogP contribution in [0.4, 0.5) is 4.39 Å². The molecule has 0 radical (unpaired) electrons. The summed E-state index contributed by atoms with van der Waals surface area (Å²) in [5, 5.41) is 0.669. The van der Waals surface area contributed by atoms with E-state index in [4.69, 9.17) is 21.1 Å². The van der Waals surface area contributed by atoms with E-state index in [1.165, 1.54) is 0 Å². The SMILES string of the molecule is FCCCC1(c2ccc(Cl)cc2)OCCO1. The van der Waals surface area contributed by atoms with Crippen LogP contribution in [0.1, 0.15) is 18.4 Å². The second-order valence-electron chi connectivity index (χ2n) is 3.75. The van der Waals surface area contributed by atoms with Gasteiger partial charge in [-0.05, 0) is 18.6 Å². The van der Waals surface area contributed by atoms with Crippen LogP contribution in [-0.2, 0) is 15.3 Å². The van der Waals surface area contributed by atoms with Crippen molar-refractivity contribution >= 4 is 11.6 Å². The second-order valence-corrected chi connectivity index (χ2v) is 4.19. The molecule has 1 aliphatic heterocycles. The molecule has 0 unspecified atom stereocenters. The molecule has 0 saturated carbocycles. The highest BCUT2D eigenvalue weighted by Crippen LogP contribution is 2.36. The molecule has 0 bridgehead atoms. The van der Waals surface area contributed by atoms with Gasteiger partial charge in [-0.15, -0.1) is 0 Å². The van der Waals surface area contributed by atoms with E-state index < -0.39 is 5.79 Å². The Bertz CT molecular complexity index is 333. The van der Waals surface area contributed by atoms with Crippen LogP contribution in [0.5, 0.6) is 0 Å². The van der Waals surface area contributed by atoms with Gasteiger partial charge in [0.25, 0.3) is 0 Å². The first kappa shape index (κ1) is 11.8. The molecular formula is C12H14ClFO2. The lowest BCUT2D eigenvalue weighted by Gasteiger charge is -2.27. The molecule has 16 heavy (non-hydrogen) atoms. The van der Waals surface area contributed by atoms with Gasteiger partial charge in [0, 0.05) is 17.0 Å².